The van der Waals surface area contributed by atoms with Gasteiger partial charge in [0.05, 0.1) is 6.04 Å². The second-order valence-corrected chi connectivity index (χ2v) is 5.30. The van der Waals surface area contributed by atoms with Crippen molar-refractivity contribution in [1.29, 1.82) is 0 Å². The van der Waals surface area contributed by atoms with Gasteiger partial charge in [0.15, 0.2) is 11.6 Å². The van der Waals surface area contributed by atoms with Gasteiger partial charge >= 0.3 is 0 Å². The number of hydrogen-bond acceptors (Lipinski definition) is 3. The molecule has 0 spiro atoms. The van der Waals surface area contributed by atoms with Crippen molar-refractivity contribution < 1.29 is 8.78 Å². The van der Waals surface area contributed by atoms with E-state index in [2.05, 4.69) is 5.43 Å². The number of halogens is 2. The number of benzene rings is 1. The predicted octanol–water partition coefficient (Wildman–Crippen LogP) is 2.51. The molecular formula is C14H23F2N3. The molecule has 0 fully saturated rings. The summed E-state index contributed by atoms with van der Waals surface area (Å²) in [6.07, 6.45) is 0.740. The first-order valence-corrected chi connectivity index (χ1v) is 6.37. The quantitative estimate of drug-likeness (QED) is 0.638. The van der Waals surface area contributed by atoms with Gasteiger partial charge in [0.1, 0.15) is 0 Å². The molecule has 0 aliphatic carbocycles. The third kappa shape index (κ3) is 2.78. The Labute approximate surface area is 113 Å². The van der Waals surface area contributed by atoms with E-state index in [1.54, 1.807) is 12.1 Å². The van der Waals surface area contributed by atoms with E-state index in [-0.39, 0.29) is 5.56 Å². The molecule has 0 aliphatic rings. The molecule has 108 valence electrons. The second kappa shape index (κ2) is 5.94. The van der Waals surface area contributed by atoms with Crippen LogP contribution in [0.4, 0.5) is 8.78 Å². The first-order chi connectivity index (χ1) is 8.79. The molecule has 2 unspecified atom stereocenters. The molecule has 0 aromatic heterocycles. The fourth-order valence-electron chi connectivity index (χ4n) is 2.27. The zero-order valence-electron chi connectivity index (χ0n) is 12.2. The van der Waals surface area contributed by atoms with Crippen molar-refractivity contribution in [3.8, 4) is 0 Å². The first kappa shape index (κ1) is 16.0. The average molecular weight is 271 g/mol. The predicted molar refractivity (Wildman–Crippen MR) is 73.5 cm³/mol. The molecule has 0 radical (unpaired) electrons. The fraction of sp³-hybridized carbons (Fsp3) is 0.571. The van der Waals surface area contributed by atoms with E-state index in [0.717, 1.165) is 6.42 Å². The van der Waals surface area contributed by atoms with Crippen molar-refractivity contribution in [3.05, 3.63) is 34.9 Å². The van der Waals surface area contributed by atoms with Crippen LogP contribution in [0.25, 0.3) is 0 Å². The van der Waals surface area contributed by atoms with Crippen LogP contribution in [-0.4, -0.2) is 24.5 Å². The van der Waals surface area contributed by atoms with Gasteiger partial charge in [-0.2, -0.15) is 0 Å². The minimum absolute atomic E-state index is 0.253. The van der Waals surface area contributed by atoms with Gasteiger partial charge in [-0.3, -0.25) is 11.3 Å². The maximum atomic E-state index is 14.1. The highest BCUT2D eigenvalue weighted by Gasteiger charge is 2.37. The van der Waals surface area contributed by atoms with Crippen LogP contribution in [0.15, 0.2) is 12.1 Å². The van der Waals surface area contributed by atoms with E-state index < -0.39 is 23.2 Å². The zero-order chi connectivity index (χ0) is 14.8. The monoisotopic (exact) mass is 271 g/mol. The summed E-state index contributed by atoms with van der Waals surface area (Å²) in [6, 6.07) is 2.67. The zero-order valence-corrected chi connectivity index (χ0v) is 12.2. The number of likely N-dealkylation sites (N-methyl/N-ethyl adjacent to an activating group) is 1. The molecule has 19 heavy (non-hydrogen) atoms. The van der Waals surface area contributed by atoms with Crippen LogP contribution in [0.3, 0.4) is 0 Å². The minimum Gasteiger partial charge on any atom is -0.302 e. The second-order valence-electron chi connectivity index (χ2n) is 5.30. The summed E-state index contributed by atoms with van der Waals surface area (Å²) >= 11 is 0. The SMILES string of the molecule is CCC(C)(C(NN)c1ccc(C)c(F)c1F)N(C)C. The fourth-order valence-corrected chi connectivity index (χ4v) is 2.27. The number of nitrogens with one attached hydrogen (secondary N) is 1. The first-order valence-electron chi connectivity index (χ1n) is 6.37. The minimum atomic E-state index is -0.829. The van der Waals surface area contributed by atoms with Crippen molar-refractivity contribution in [2.24, 2.45) is 5.84 Å². The number of aryl methyl sites for hydroxylation is 1. The Balaban J connectivity index is 3.36. The van der Waals surface area contributed by atoms with Gasteiger partial charge in [-0.25, -0.2) is 8.78 Å². The number of nitrogens with zero attached hydrogens (tertiary/aromatic N) is 1. The molecule has 0 saturated carbocycles. The van der Waals surface area contributed by atoms with Gasteiger partial charge in [-0.1, -0.05) is 19.1 Å². The van der Waals surface area contributed by atoms with Crippen LogP contribution >= 0.6 is 0 Å². The van der Waals surface area contributed by atoms with Gasteiger partial charge < -0.3 is 4.90 Å². The van der Waals surface area contributed by atoms with Gasteiger partial charge in [0.25, 0.3) is 0 Å². The number of hydrogen-bond donors (Lipinski definition) is 2. The normalized spacial score (nSPS) is 16.5. The van der Waals surface area contributed by atoms with Crippen molar-refractivity contribution in [1.82, 2.24) is 10.3 Å². The van der Waals surface area contributed by atoms with Crippen LogP contribution < -0.4 is 11.3 Å². The molecule has 3 nitrogen and oxygen atoms in total. The van der Waals surface area contributed by atoms with Crippen LogP contribution in [0.1, 0.15) is 37.4 Å². The highest BCUT2D eigenvalue weighted by Crippen LogP contribution is 2.34. The maximum absolute atomic E-state index is 14.1. The van der Waals surface area contributed by atoms with Crippen LogP contribution in [-0.2, 0) is 0 Å². The molecule has 0 aliphatic heterocycles. The summed E-state index contributed by atoms with van der Waals surface area (Å²) < 4.78 is 27.9. The third-order valence-electron chi connectivity index (χ3n) is 4.14. The summed E-state index contributed by atoms with van der Waals surface area (Å²) in [5, 5.41) is 0. The van der Waals surface area contributed by atoms with E-state index in [1.807, 2.05) is 32.8 Å². The lowest BCUT2D eigenvalue weighted by atomic mass is 9.83. The lowest BCUT2D eigenvalue weighted by molar-refractivity contribution is 0.110. The molecule has 0 bridgehead atoms. The molecule has 5 heteroatoms. The van der Waals surface area contributed by atoms with Gasteiger partial charge in [0, 0.05) is 11.1 Å². The van der Waals surface area contributed by atoms with E-state index in [0.29, 0.717) is 5.56 Å². The van der Waals surface area contributed by atoms with Crippen molar-refractivity contribution in [3.63, 3.8) is 0 Å². The van der Waals surface area contributed by atoms with Crippen LogP contribution in [0, 0.1) is 18.6 Å². The molecule has 1 aromatic carbocycles. The Morgan fingerprint density at radius 2 is 1.89 bits per heavy atom. The van der Waals surface area contributed by atoms with Crippen molar-refractivity contribution >= 4 is 0 Å². The van der Waals surface area contributed by atoms with E-state index in [4.69, 9.17) is 5.84 Å². The Kier molecular flexibility index (Phi) is 5.01. The summed E-state index contributed by atoms with van der Waals surface area (Å²) in [6.45, 7) is 5.50. The number of hydrazine groups is 1. The molecule has 2 atom stereocenters. The van der Waals surface area contributed by atoms with Crippen molar-refractivity contribution in [2.75, 3.05) is 14.1 Å². The van der Waals surface area contributed by atoms with E-state index in [1.165, 1.54) is 6.92 Å². The van der Waals surface area contributed by atoms with E-state index in [9.17, 15) is 8.78 Å². The number of rotatable bonds is 5. The Hall–Kier alpha value is -1.04. The summed E-state index contributed by atoms with van der Waals surface area (Å²) in [4.78, 5) is 1.97. The van der Waals surface area contributed by atoms with E-state index >= 15 is 0 Å². The molecule has 0 heterocycles. The highest BCUT2D eigenvalue weighted by molar-refractivity contribution is 5.30. The molecular weight excluding hydrogens is 248 g/mol. The Morgan fingerprint density at radius 3 is 2.32 bits per heavy atom. The Bertz CT molecular complexity index is 449. The summed E-state index contributed by atoms with van der Waals surface area (Å²) in [5.74, 6) is 3.96. The third-order valence-corrected chi connectivity index (χ3v) is 4.14. The topological polar surface area (TPSA) is 41.3 Å². The molecule has 1 rings (SSSR count). The largest absolute Gasteiger partial charge is 0.302 e. The molecule has 3 N–H and O–H groups in total. The smallest absolute Gasteiger partial charge is 0.163 e. The standard InChI is InChI=1S/C14H23F2N3/c1-6-14(3,19(4)5)13(18-17)10-8-7-9(2)11(15)12(10)16/h7-8,13,18H,6,17H2,1-5H3. The maximum Gasteiger partial charge on any atom is 0.163 e. The molecule has 0 amide bonds. The van der Waals surface area contributed by atoms with Gasteiger partial charge in [-0.05, 0) is 39.9 Å². The van der Waals surface area contributed by atoms with Crippen LogP contribution in [0.5, 0.6) is 0 Å². The summed E-state index contributed by atoms with van der Waals surface area (Å²) in [5.41, 5.74) is 2.76. The summed E-state index contributed by atoms with van der Waals surface area (Å²) in [7, 11) is 3.80. The lowest BCUT2D eigenvalue weighted by Crippen LogP contribution is -2.53. The average Bonchev–Trinajstić information content (AvgIpc) is 2.38. The number of nitrogens with two attached hydrogens (primary N) is 1. The van der Waals surface area contributed by atoms with Gasteiger partial charge in [0.2, 0.25) is 0 Å². The van der Waals surface area contributed by atoms with Crippen molar-refractivity contribution in [2.45, 2.75) is 38.8 Å². The Morgan fingerprint density at radius 1 is 1.32 bits per heavy atom. The van der Waals surface area contributed by atoms with Gasteiger partial charge in [-0.15, -0.1) is 0 Å². The molecule has 1 aromatic rings. The highest BCUT2D eigenvalue weighted by atomic mass is 19.2. The lowest BCUT2D eigenvalue weighted by Gasteiger charge is -2.42. The molecule has 0 saturated heterocycles. The van der Waals surface area contributed by atoms with Crippen LogP contribution in [0.2, 0.25) is 0 Å².